The van der Waals surface area contributed by atoms with Crippen molar-refractivity contribution < 1.29 is 9.47 Å². The van der Waals surface area contributed by atoms with Gasteiger partial charge in [0, 0.05) is 24.2 Å². The van der Waals surface area contributed by atoms with Crippen molar-refractivity contribution in [3.05, 3.63) is 77.4 Å². The van der Waals surface area contributed by atoms with E-state index in [1.807, 2.05) is 0 Å². The average molecular weight is 361 g/mol. The van der Waals surface area contributed by atoms with Gasteiger partial charge in [0.1, 0.15) is 0 Å². The van der Waals surface area contributed by atoms with Crippen LogP contribution in [0.25, 0.3) is 5.57 Å². The maximum Gasteiger partial charge on any atom is 0.184 e. The summed E-state index contributed by atoms with van der Waals surface area (Å²) in [4.78, 5) is 2.72. The number of piperidine rings is 1. The Morgan fingerprint density at radius 1 is 0.926 bits per heavy atom. The molecule has 2 unspecified atom stereocenters. The highest BCUT2D eigenvalue weighted by molar-refractivity contribution is 5.68. The van der Waals surface area contributed by atoms with Gasteiger partial charge in [-0.1, -0.05) is 61.0 Å². The van der Waals surface area contributed by atoms with Crippen LogP contribution in [0.3, 0.4) is 0 Å². The maximum absolute atomic E-state index is 5.69. The molecule has 0 spiro atoms. The van der Waals surface area contributed by atoms with Crippen LogP contribution in [0.1, 0.15) is 48.7 Å². The fraction of sp³-hybridized carbons (Fsp3) is 0.417. The van der Waals surface area contributed by atoms with Crippen LogP contribution >= 0.6 is 0 Å². The van der Waals surface area contributed by atoms with Gasteiger partial charge in [-0.25, -0.2) is 0 Å². The monoisotopic (exact) mass is 361 g/mol. The average Bonchev–Trinajstić information content (AvgIpc) is 3.24. The van der Waals surface area contributed by atoms with Gasteiger partial charge < -0.3 is 9.47 Å². The summed E-state index contributed by atoms with van der Waals surface area (Å²) in [5, 5.41) is 0. The Balaban J connectivity index is 1.39. The predicted octanol–water partition coefficient (Wildman–Crippen LogP) is 4.94. The van der Waals surface area contributed by atoms with Gasteiger partial charge in [-0.2, -0.15) is 0 Å². The molecular weight excluding hydrogens is 334 g/mol. The lowest BCUT2D eigenvalue weighted by atomic mass is 9.82. The Morgan fingerprint density at radius 2 is 1.78 bits per heavy atom. The normalized spacial score (nSPS) is 26.1. The second-order valence-electron chi connectivity index (χ2n) is 7.91. The molecule has 3 aliphatic heterocycles. The van der Waals surface area contributed by atoms with Crippen molar-refractivity contribution in [2.24, 2.45) is 0 Å². The van der Waals surface area contributed by atoms with Crippen LogP contribution in [0, 0.1) is 0 Å². The van der Waals surface area contributed by atoms with E-state index in [0.29, 0.717) is 25.3 Å². The van der Waals surface area contributed by atoms with Crippen molar-refractivity contribution >= 4 is 5.57 Å². The van der Waals surface area contributed by atoms with Gasteiger partial charge in [0.25, 0.3) is 0 Å². The largest absolute Gasteiger partial charge is 0.346 e. The predicted molar refractivity (Wildman–Crippen MR) is 107 cm³/mol. The van der Waals surface area contributed by atoms with Crippen molar-refractivity contribution in [2.75, 3.05) is 13.2 Å². The molecule has 0 radical (unpaired) electrons. The molecule has 0 saturated carbocycles. The standard InChI is InChI=1S/C24H27NO2/c1-2-6-18(7-3-1)17-25-22-10-5-11-23(25)16-21(15-22)19-8-4-9-20(14-19)24-26-12-13-27-24/h1-4,6-9,14-15,22-24H,5,10-13,16-17H2. The number of fused-ring (bicyclic) bond motifs is 2. The van der Waals surface area contributed by atoms with Crippen molar-refractivity contribution in [3.8, 4) is 0 Å². The van der Waals surface area contributed by atoms with E-state index in [1.165, 1.54) is 36.0 Å². The molecule has 3 heterocycles. The Hall–Kier alpha value is -1.94. The second kappa shape index (κ2) is 7.59. The highest BCUT2D eigenvalue weighted by Gasteiger charge is 2.34. The molecule has 0 amide bonds. The summed E-state index contributed by atoms with van der Waals surface area (Å²) < 4.78 is 11.4. The van der Waals surface area contributed by atoms with Gasteiger partial charge >= 0.3 is 0 Å². The Morgan fingerprint density at radius 3 is 2.59 bits per heavy atom. The minimum absolute atomic E-state index is 0.191. The molecule has 2 atom stereocenters. The smallest absolute Gasteiger partial charge is 0.184 e. The fourth-order valence-electron chi connectivity index (χ4n) is 4.81. The molecule has 3 heteroatoms. The summed E-state index contributed by atoms with van der Waals surface area (Å²) in [5.74, 6) is 0. The van der Waals surface area contributed by atoms with E-state index in [-0.39, 0.29) is 6.29 Å². The first-order chi connectivity index (χ1) is 13.4. The zero-order valence-corrected chi connectivity index (χ0v) is 15.7. The lowest BCUT2D eigenvalue weighted by Gasteiger charge is -2.45. The highest BCUT2D eigenvalue weighted by Crippen LogP contribution is 2.38. The van der Waals surface area contributed by atoms with Crippen molar-refractivity contribution in [1.29, 1.82) is 0 Å². The summed E-state index contributed by atoms with van der Waals surface area (Å²) in [7, 11) is 0. The molecule has 140 valence electrons. The number of benzene rings is 2. The molecule has 3 aliphatic rings. The Bertz CT molecular complexity index is 810. The summed E-state index contributed by atoms with van der Waals surface area (Å²) in [6.45, 7) is 2.44. The van der Waals surface area contributed by atoms with Gasteiger partial charge in [0.05, 0.1) is 13.2 Å². The van der Waals surface area contributed by atoms with E-state index >= 15 is 0 Å². The third-order valence-electron chi connectivity index (χ3n) is 6.14. The number of hydrogen-bond donors (Lipinski definition) is 0. The third kappa shape index (κ3) is 3.60. The molecule has 2 aromatic carbocycles. The molecular formula is C24H27NO2. The number of ether oxygens (including phenoxy) is 2. The second-order valence-corrected chi connectivity index (χ2v) is 7.91. The minimum Gasteiger partial charge on any atom is -0.346 e. The van der Waals surface area contributed by atoms with Crippen LogP contribution in [0.4, 0.5) is 0 Å². The zero-order chi connectivity index (χ0) is 18.1. The van der Waals surface area contributed by atoms with Gasteiger partial charge in [0.2, 0.25) is 0 Å². The lowest BCUT2D eigenvalue weighted by Crippen LogP contribution is -2.47. The van der Waals surface area contributed by atoms with E-state index in [0.717, 1.165) is 18.5 Å². The Labute approximate surface area is 161 Å². The molecule has 2 aromatic rings. The third-order valence-corrected chi connectivity index (χ3v) is 6.14. The van der Waals surface area contributed by atoms with Crippen LogP contribution in [0.5, 0.6) is 0 Å². The minimum atomic E-state index is -0.191. The van der Waals surface area contributed by atoms with Crippen molar-refractivity contribution in [3.63, 3.8) is 0 Å². The topological polar surface area (TPSA) is 21.7 Å². The number of nitrogens with zero attached hydrogens (tertiary/aromatic N) is 1. The SMILES string of the molecule is C1=C(c2cccc(C3OCCO3)c2)CC2CCCC1N2Cc1ccccc1. The van der Waals surface area contributed by atoms with Crippen molar-refractivity contribution in [2.45, 2.75) is 50.6 Å². The fourth-order valence-corrected chi connectivity index (χ4v) is 4.81. The van der Waals surface area contributed by atoms with E-state index in [2.05, 4.69) is 65.6 Å². The molecule has 3 nitrogen and oxygen atoms in total. The summed E-state index contributed by atoms with van der Waals surface area (Å²) in [6, 6.07) is 20.9. The summed E-state index contributed by atoms with van der Waals surface area (Å²) in [5.41, 5.74) is 5.39. The van der Waals surface area contributed by atoms with Crippen LogP contribution < -0.4 is 0 Å². The molecule has 27 heavy (non-hydrogen) atoms. The van der Waals surface area contributed by atoms with Crippen LogP contribution in [0.15, 0.2) is 60.7 Å². The van der Waals surface area contributed by atoms with Gasteiger partial charge in [-0.05, 0) is 42.0 Å². The molecule has 2 fully saturated rings. The van der Waals surface area contributed by atoms with Gasteiger partial charge in [0.15, 0.2) is 6.29 Å². The highest BCUT2D eigenvalue weighted by atomic mass is 16.7. The number of hydrogen-bond acceptors (Lipinski definition) is 3. The summed E-state index contributed by atoms with van der Waals surface area (Å²) in [6.07, 6.45) is 7.38. The molecule has 0 N–H and O–H groups in total. The lowest BCUT2D eigenvalue weighted by molar-refractivity contribution is -0.0441. The first-order valence-corrected chi connectivity index (χ1v) is 10.2. The molecule has 0 aromatic heterocycles. The molecule has 2 saturated heterocycles. The maximum atomic E-state index is 5.69. The molecule has 0 aliphatic carbocycles. The van der Waals surface area contributed by atoms with Crippen LogP contribution in [-0.2, 0) is 16.0 Å². The van der Waals surface area contributed by atoms with E-state index < -0.39 is 0 Å². The zero-order valence-electron chi connectivity index (χ0n) is 15.7. The van der Waals surface area contributed by atoms with E-state index in [9.17, 15) is 0 Å². The first-order valence-electron chi connectivity index (χ1n) is 10.2. The van der Waals surface area contributed by atoms with Crippen LogP contribution in [-0.4, -0.2) is 30.2 Å². The molecule has 5 rings (SSSR count). The van der Waals surface area contributed by atoms with E-state index in [1.54, 1.807) is 0 Å². The first kappa shape index (κ1) is 17.2. The number of rotatable bonds is 4. The van der Waals surface area contributed by atoms with Gasteiger partial charge in [-0.15, -0.1) is 0 Å². The van der Waals surface area contributed by atoms with E-state index in [4.69, 9.17) is 9.47 Å². The van der Waals surface area contributed by atoms with Gasteiger partial charge in [-0.3, -0.25) is 4.90 Å². The summed E-state index contributed by atoms with van der Waals surface area (Å²) >= 11 is 0. The van der Waals surface area contributed by atoms with Crippen LogP contribution in [0.2, 0.25) is 0 Å². The quantitative estimate of drug-likeness (QED) is 0.770. The Kier molecular flexibility index (Phi) is 4.83. The van der Waals surface area contributed by atoms with Crippen molar-refractivity contribution in [1.82, 2.24) is 4.90 Å². The molecule has 2 bridgehead atoms.